The van der Waals surface area contributed by atoms with Crippen molar-refractivity contribution in [2.75, 3.05) is 24.6 Å². The van der Waals surface area contributed by atoms with Crippen LogP contribution >= 0.6 is 0 Å². The van der Waals surface area contributed by atoms with Crippen LogP contribution in [0, 0.1) is 5.92 Å². The molecule has 0 saturated heterocycles. The highest BCUT2D eigenvalue weighted by molar-refractivity contribution is 5.55. The third-order valence-corrected chi connectivity index (χ3v) is 3.05. The van der Waals surface area contributed by atoms with Gasteiger partial charge in [0.1, 0.15) is 0 Å². The Morgan fingerprint density at radius 3 is 3.00 bits per heavy atom. The molecule has 0 amide bonds. The van der Waals surface area contributed by atoms with E-state index < -0.39 is 0 Å². The molecule has 1 heterocycles. The summed E-state index contributed by atoms with van der Waals surface area (Å²) in [5.41, 5.74) is 2.82. The number of aliphatic hydroxyl groups is 1. The van der Waals surface area contributed by atoms with E-state index in [9.17, 15) is 0 Å². The van der Waals surface area contributed by atoms with E-state index in [2.05, 4.69) is 36.1 Å². The number of rotatable bonds is 3. The molecule has 82 valence electrons. The Kier molecular flexibility index (Phi) is 3.27. The summed E-state index contributed by atoms with van der Waals surface area (Å²) in [5.74, 6) is 0.358. The lowest BCUT2D eigenvalue weighted by molar-refractivity contribution is 0.239. The summed E-state index contributed by atoms with van der Waals surface area (Å²) in [6, 6.07) is 8.61. The van der Waals surface area contributed by atoms with Crippen LogP contribution in [0.4, 0.5) is 5.69 Å². The van der Waals surface area contributed by atoms with Crippen LogP contribution in [0.1, 0.15) is 18.9 Å². The van der Waals surface area contributed by atoms with Crippen molar-refractivity contribution in [2.45, 2.75) is 19.8 Å². The quantitative estimate of drug-likeness (QED) is 0.816. The van der Waals surface area contributed by atoms with Gasteiger partial charge in [-0.05, 0) is 30.4 Å². The highest BCUT2D eigenvalue weighted by Gasteiger charge is 2.17. The Labute approximate surface area is 91.5 Å². The molecule has 1 aromatic carbocycles. The molecule has 1 aromatic rings. The van der Waals surface area contributed by atoms with E-state index in [1.54, 1.807) is 0 Å². The molecular weight excluding hydrogens is 186 g/mol. The lowest BCUT2D eigenvalue weighted by atomic mass is 10.0. The maximum Gasteiger partial charge on any atom is 0.0473 e. The monoisotopic (exact) mass is 205 g/mol. The normalized spacial score (nSPS) is 17.3. The maximum absolute atomic E-state index is 9.09. The first-order valence-corrected chi connectivity index (χ1v) is 5.75. The van der Waals surface area contributed by atoms with Gasteiger partial charge in [-0.1, -0.05) is 25.1 Å². The fourth-order valence-corrected chi connectivity index (χ4v) is 2.24. The largest absolute Gasteiger partial charge is 0.396 e. The Balaban J connectivity index is 2.15. The van der Waals surface area contributed by atoms with Crippen LogP contribution < -0.4 is 4.90 Å². The topological polar surface area (TPSA) is 23.5 Å². The molecule has 0 spiro atoms. The molecule has 0 aliphatic carbocycles. The van der Waals surface area contributed by atoms with Crippen molar-refractivity contribution >= 4 is 5.69 Å². The number of nitrogens with zero attached hydrogens (tertiary/aromatic N) is 1. The number of fused-ring (bicyclic) bond motifs is 1. The zero-order valence-electron chi connectivity index (χ0n) is 9.32. The molecule has 1 N–H and O–H groups in total. The average Bonchev–Trinajstić information content (AvgIpc) is 2.29. The second kappa shape index (κ2) is 4.67. The molecule has 0 bridgehead atoms. The lowest BCUT2D eigenvalue weighted by Crippen LogP contribution is -2.34. The highest BCUT2D eigenvalue weighted by Crippen LogP contribution is 2.27. The number of anilines is 1. The zero-order valence-corrected chi connectivity index (χ0v) is 9.32. The Morgan fingerprint density at radius 1 is 1.40 bits per heavy atom. The zero-order chi connectivity index (χ0) is 10.7. The summed E-state index contributed by atoms with van der Waals surface area (Å²) in [4.78, 5) is 2.40. The predicted octanol–water partition coefficient (Wildman–Crippen LogP) is 2.07. The van der Waals surface area contributed by atoms with Gasteiger partial charge < -0.3 is 10.0 Å². The molecule has 1 aliphatic heterocycles. The van der Waals surface area contributed by atoms with E-state index in [-0.39, 0.29) is 6.61 Å². The second-order valence-electron chi connectivity index (χ2n) is 4.47. The van der Waals surface area contributed by atoms with Crippen molar-refractivity contribution < 1.29 is 5.11 Å². The molecule has 15 heavy (non-hydrogen) atoms. The van der Waals surface area contributed by atoms with Crippen molar-refractivity contribution in [3.63, 3.8) is 0 Å². The minimum absolute atomic E-state index is 0.276. The van der Waals surface area contributed by atoms with E-state index in [0.29, 0.717) is 5.92 Å². The number of para-hydroxylation sites is 1. The first-order valence-electron chi connectivity index (χ1n) is 5.75. The summed E-state index contributed by atoms with van der Waals surface area (Å²) >= 11 is 0. The minimum Gasteiger partial charge on any atom is -0.396 e. The lowest BCUT2D eigenvalue weighted by Gasteiger charge is -2.32. The fourth-order valence-electron chi connectivity index (χ4n) is 2.24. The third kappa shape index (κ3) is 2.32. The van der Waals surface area contributed by atoms with Crippen molar-refractivity contribution in [1.82, 2.24) is 0 Å². The SMILES string of the molecule is CC(CO)CN1CCCc2ccccc21. The summed E-state index contributed by atoms with van der Waals surface area (Å²) in [7, 11) is 0. The fraction of sp³-hybridized carbons (Fsp3) is 0.538. The summed E-state index contributed by atoms with van der Waals surface area (Å²) in [5, 5.41) is 9.09. The number of hydrogen-bond acceptors (Lipinski definition) is 2. The molecule has 1 atom stereocenters. The first-order chi connectivity index (χ1) is 7.31. The Morgan fingerprint density at radius 2 is 2.20 bits per heavy atom. The van der Waals surface area contributed by atoms with Gasteiger partial charge in [0.15, 0.2) is 0 Å². The van der Waals surface area contributed by atoms with Gasteiger partial charge in [0.25, 0.3) is 0 Å². The van der Waals surface area contributed by atoms with E-state index in [1.165, 1.54) is 24.1 Å². The van der Waals surface area contributed by atoms with Gasteiger partial charge in [0.05, 0.1) is 0 Å². The smallest absolute Gasteiger partial charge is 0.0473 e. The standard InChI is InChI=1S/C13H19NO/c1-11(10-15)9-14-8-4-6-12-5-2-3-7-13(12)14/h2-3,5,7,11,15H,4,6,8-10H2,1H3. The molecule has 2 rings (SSSR count). The van der Waals surface area contributed by atoms with Crippen LogP contribution in [0.2, 0.25) is 0 Å². The maximum atomic E-state index is 9.09. The average molecular weight is 205 g/mol. The van der Waals surface area contributed by atoms with Crippen LogP contribution in [0.3, 0.4) is 0 Å². The predicted molar refractivity (Wildman–Crippen MR) is 63.2 cm³/mol. The van der Waals surface area contributed by atoms with Gasteiger partial charge in [-0.2, -0.15) is 0 Å². The molecule has 0 aromatic heterocycles. The summed E-state index contributed by atoms with van der Waals surface area (Å²) in [6.45, 7) is 4.46. The van der Waals surface area contributed by atoms with Crippen LogP contribution in [0.15, 0.2) is 24.3 Å². The first kappa shape index (κ1) is 10.5. The number of aliphatic hydroxyl groups excluding tert-OH is 1. The molecule has 0 radical (unpaired) electrons. The van der Waals surface area contributed by atoms with Gasteiger partial charge in [0.2, 0.25) is 0 Å². The Bertz CT molecular complexity index is 324. The third-order valence-electron chi connectivity index (χ3n) is 3.05. The summed E-state index contributed by atoms with van der Waals surface area (Å²) in [6.07, 6.45) is 2.43. The van der Waals surface area contributed by atoms with Crippen LogP contribution in [0.25, 0.3) is 0 Å². The van der Waals surface area contributed by atoms with Crippen LogP contribution in [-0.4, -0.2) is 24.8 Å². The second-order valence-corrected chi connectivity index (χ2v) is 4.47. The number of benzene rings is 1. The van der Waals surface area contributed by atoms with Gasteiger partial charge in [0, 0.05) is 25.4 Å². The molecule has 1 unspecified atom stereocenters. The summed E-state index contributed by atoms with van der Waals surface area (Å²) < 4.78 is 0. The molecule has 0 saturated carbocycles. The number of aryl methyl sites for hydroxylation is 1. The molecule has 1 aliphatic rings. The van der Waals surface area contributed by atoms with E-state index in [0.717, 1.165) is 13.1 Å². The van der Waals surface area contributed by atoms with Gasteiger partial charge in [-0.25, -0.2) is 0 Å². The van der Waals surface area contributed by atoms with E-state index in [1.807, 2.05) is 0 Å². The van der Waals surface area contributed by atoms with Crippen molar-refractivity contribution in [3.8, 4) is 0 Å². The van der Waals surface area contributed by atoms with Crippen molar-refractivity contribution in [3.05, 3.63) is 29.8 Å². The molecule has 0 fully saturated rings. The highest BCUT2D eigenvalue weighted by atomic mass is 16.3. The molecule has 2 heteroatoms. The number of hydrogen-bond donors (Lipinski definition) is 1. The Hall–Kier alpha value is -1.02. The van der Waals surface area contributed by atoms with Crippen LogP contribution in [-0.2, 0) is 6.42 Å². The van der Waals surface area contributed by atoms with Gasteiger partial charge in [-0.3, -0.25) is 0 Å². The van der Waals surface area contributed by atoms with Crippen LogP contribution in [0.5, 0.6) is 0 Å². The van der Waals surface area contributed by atoms with Gasteiger partial charge >= 0.3 is 0 Å². The molecule has 2 nitrogen and oxygen atoms in total. The van der Waals surface area contributed by atoms with Crippen molar-refractivity contribution in [1.29, 1.82) is 0 Å². The molecular formula is C13H19NO. The van der Waals surface area contributed by atoms with Crippen molar-refractivity contribution in [2.24, 2.45) is 5.92 Å². The van der Waals surface area contributed by atoms with Gasteiger partial charge in [-0.15, -0.1) is 0 Å². The van der Waals surface area contributed by atoms with E-state index >= 15 is 0 Å². The minimum atomic E-state index is 0.276. The van der Waals surface area contributed by atoms with E-state index in [4.69, 9.17) is 5.11 Å².